The van der Waals surface area contributed by atoms with Gasteiger partial charge in [-0.15, -0.1) is 0 Å². The minimum Gasteiger partial charge on any atom is -0.489 e. The zero-order valence-electron chi connectivity index (χ0n) is 23.4. The number of nitriles is 1. The van der Waals surface area contributed by atoms with Gasteiger partial charge >= 0.3 is 5.97 Å². The summed E-state index contributed by atoms with van der Waals surface area (Å²) in [6.07, 6.45) is 0. The standard InChI is InChI=1S/C35H28N2O5/c1-20-4-7-23(8-5-20)19-39-25-11-9-24(10-12-25)32-28-15-13-26(17-31(28)42-34(37)29(32)18-36)40-35(38)33-22(3)27-14-6-21(2)16-30(27)41-33/h4-17,32H,19,37H2,1-3H3. The second-order valence-corrected chi connectivity index (χ2v) is 10.4. The van der Waals surface area contributed by atoms with Crippen LogP contribution < -0.4 is 19.9 Å². The molecule has 1 unspecified atom stereocenters. The molecule has 0 fully saturated rings. The summed E-state index contributed by atoms with van der Waals surface area (Å²) in [5.41, 5.74) is 12.7. The van der Waals surface area contributed by atoms with Crippen LogP contribution in [0.4, 0.5) is 0 Å². The van der Waals surface area contributed by atoms with Gasteiger partial charge in [-0.25, -0.2) is 4.79 Å². The molecule has 7 nitrogen and oxygen atoms in total. The lowest BCUT2D eigenvalue weighted by Gasteiger charge is -2.26. The maximum Gasteiger partial charge on any atom is 0.379 e. The summed E-state index contributed by atoms with van der Waals surface area (Å²) >= 11 is 0. The highest BCUT2D eigenvalue weighted by Gasteiger charge is 2.31. The van der Waals surface area contributed by atoms with Crippen LogP contribution in [0.5, 0.6) is 17.2 Å². The zero-order chi connectivity index (χ0) is 29.4. The summed E-state index contributed by atoms with van der Waals surface area (Å²) in [7, 11) is 0. The zero-order valence-corrected chi connectivity index (χ0v) is 23.4. The number of carbonyl (C=O) groups excluding carboxylic acids is 1. The number of nitrogens with zero attached hydrogens (tertiary/aromatic N) is 1. The SMILES string of the molecule is Cc1ccc(COc2ccc(C3C(C#N)=C(N)Oc4cc(OC(=O)c5oc6cc(C)ccc6c5C)ccc43)cc2)cc1. The second kappa shape index (κ2) is 10.8. The van der Waals surface area contributed by atoms with E-state index in [1.165, 1.54) is 5.56 Å². The van der Waals surface area contributed by atoms with Gasteiger partial charge in [0, 0.05) is 22.6 Å². The molecule has 1 aromatic heterocycles. The molecule has 7 heteroatoms. The summed E-state index contributed by atoms with van der Waals surface area (Å²) < 4.78 is 23.3. The fourth-order valence-electron chi connectivity index (χ4n) is 5.13. The molecule has 208 valence electrons. The van der Waals surface area contributed by atoms with Crippen molar-refractivity contribution in [3.05, 3.63) is 136 Å². The van der Waals surface area contributed by atoms with Crippen LogP contribution in [0.2, 0.25) is 0 Å². The van der Waals surface area contributed by atoms with E-state index in [1.807, 2.05) is 75.4 Å². The first-order chi connectivity index (χ1) is 20.3. The number of furan rings is 1. The van der Waals surface area contributed by atoms with Gasteiger partial charge in [0.05, 0.1) is 5.92 Å². The maximum absolute atomic E-state index is 13.1. The van der Waals surface area contributed by atoms with Gasteiger partial charge in [0.2, 0.25) is 11.6 Å². The van der Waals surface area contributed by atoms with Crippen molar-refractivity contribution in [2.24, 2.45) is 5.73 Å². The van der Waals surface area contributed by atoms with Crippen LogP contribution in [0.1, 0.15) is 49.9 Å². The molecule has 5 aromatic rings. The van der Waals surface area contributed by atoms with Crippen LogP contribution in [0.3, 0.4) is 0 Å². The number of esters is 1. The van der Waals surface area contributed by atoms with Gasteiger partial charge < -0.3 is 24.4 Å². The molecule has 0 saturated carbocycles. The number of ether oxygens (including phenoxy) is 3. The Kier molecular flexibility index (Phi) is 6.89. The third-order valence-corrected chi connectivity index (χ3v) is 7.42. The van der Waals surface area contributed by atoms with Gasteiger partial charge in [-0.2, -0.15) is 5.26 Å². The molecular weight excluding hydrogens is 528 g/mol. The number of aryl methyl sites for hydroxylation is 3. The highest BCUT2D eigenvalue weighted by Crippen LogP contribution is 2.44. The van der Waals surface area contributed by atoms with E-state index in [9.17, 15) is 10.1 Å². The average molecular weight is 557 g/mol. The Hall–Kier alpha value is -5.48. The number of benzene rings is 4. The maximum atomic E-state index is 13.1. The summed E-state index contributed by atoms with van der Waals surface area (Å²) in [6.45, 7) is 6.28. The number of fused-ring (bicyclic) bond motifs is 2. The van der Waals surface area contributed by atoms with Crippen molar-refractivity contribution >= 4 is 16.9 Å². The Morgan fingerprint density at radius 2 is 1.62 bits per heavy atom. The number of nitrogens with two attached hydrogens (primary N) is 1. The fraction of sp³-hybridized carbons (Fsp3) is 0.143. The van der Waals surface area contributed by atoms with Crippen molar-refractivity contribution < 1.29 is 23.4 Å². The molecular formula is C35H28N2O5. The van der Waals surface area contributed by atoms with Crippen LogP contribution in [0, 0.1) is 32.1 Å². The normalized spacial score (nSPS) is 14.2. The van der Waals surface area contributed by atoms with Crippen LogP contribution in [-0.4, -0.2) is 5.97 Å². The quantitative estimate of drug-likeness (QED) is 0.172. The van der Waals surface area contributed by atoms with Crippen LogP contribution in [0.15, 0.2) is 101 Å². The van der Waals surface area contributed by atoms with Crippen LogP contribution >= 0.6 is 0 Å². The van der Waals surface area contributed by atoms with E-state index in [0.717, 1.165) is 27.6 Å². The number of rotatable bonds is 6. The Balaban J connectivity index is 1.24. The number of carbonyl (C=O) groups is 1. The number of hydrogen-bond acceptors (Lipinski definition) is 7. The van der Waals surface area contributed by atoms with Crippen molar-refractivity contribution in [2.75, 3.05) is 0 Å². The van der Waals surface area contributed by atoms with E-state index in [0.29, 0.717) is 34.8 Å². The summed E-state index contributed by atoms with van der Waals surface area (Å²) in [5, 5.41) is 10.8. The number of allylic oxidation sites excluding steroid dienone is 1. The molecule has 0 radical (unpaired) electrons. The molecule has 1 atom stereocenters. The van der Waals surface area contributed by atoms with Gasteiger partial charge in [-0.3, -0.25) is 0 Å². The van der Waals surface area contributed by atoms with Crippen molar-refractivity contribution in [3.63, 3.8) is 0 Å². The fourth-order valence-corrected chi connectivity index (χ4v) is 5.13. The third-order valence-electron chi connectivity index (χ3n) is 7.42. The van der Waals surface area contributed by atoms with E-state index < -0.39 is 11.9 Å². The van der Waals surface area contributed by atoms with Crippen molar-refractivity contribution in [1.82, 2.24) is 0 Å². The summed E-state index contributed by atoms with van der Waals surface area (Å²) in [6, 6.07) is 28.8. The van der Waals surface area contributed by atoms with E-state index in [1.54, 1.807) is 18.2 Å². The van der Waals surface area contributed by atoms with Gasteiger partial charge in [-0.1, -0.05) is 60.2 Å². The molecule has 2 N–H and O–H groups in total. The molecule has 0 spiro atoms. The Bertz CT molecular complexity index is 1890. The molecule has 0 amide bonds. The van der Waals surface area contributed by atoms with E-state index >= 15 is 0 Å². The van der Waals surface area contributed by atoms with Crippen molar-refractivity contribution in [1.29, 1.82) is 5.26 Å². The van der Waals surface area contributed by atoms with Crippen molar-refractivity contribution in [3.8, 4) is 23.3 Å². The first-order valence-corrected chi connectivity index (χ1v) is 13.5. The van der Waals surface area contributed by atoms with E-state index in [2.05, 4.69) is 18.2 Å². The first-order valence-electron chi connectivity index (χ1n) is 13.5. The van der Waals surface area contributed by atoms with Crippen LogP contribution in [-0.2, 0) is 6.61 Å². The lowest BCUT2D eigenvalue weighted by molar-refractivity contribution is 0.0702. The van der Waals surface area contributed by atoms with Gasteiger partial charge in [-0.05, 0) is 61.7 Å². The average Bonchev–Trinajstić information content (AvgIpc) is 3.31. The molecule has 4 aromatic carbocycles. The minimum atomic E-state index is -0.615. The third kappa shape index (κ3) is 5.06. The van der Waals surface area contributed by atoms with E-state index in [-0.39, 0.29) is 17.4 Å². The molecule has 0 saturated heterocycles. The van der Waals surface area contributed by atoms with Crippen molar-refractivity contribution in [2.45, 2.75) is 33.3 Å². The van der Waals surface area contributed by atoms with E-state index in [4.69, 9.17) is 24.4 Å². The van der Waals surface area contributed by atoms with Gasteiger partial charge in [0.1, 0.15) is 41.1 Å². The topological polar surface area (TPSA) is 108 Å². The van der Waals surface area contributed by atoms with Gasteiger partial charge in [0.15, 0.2) is 0 Å². The van der Waals surface area contributed by atoms with Gasteiger partial charge in [0.25, 0.3) is 0 Å². The van der Waals surface area contributed by atoms with Crippen LogP contribution in [0.25, 0.3) is 11.0 Å². The second-order valence-electron chi connectivity index (χ2n) is 10.4. The molecule has 0 bridgehead atoms. The Morgan fingerprint density at radius 3 is 2.36 bits per heavy atom. The molecule has 0 aliphatic carbocycles. The largest absolute Gasteiger partial charge is 0.489 e. The molecule has 2 heterocycles. The lowest BCUT2D eigenvalue weighted by atomic mass is 9.83. The lowest BCUT2D eigenvalue weighted by Crippen LogP contribution is -2.21. The smallest absolute Gasteiger partial charge is 0.379 e. The highest BCUT2D eigenvalue weighted by molar-refractivity contribution is 5.97. The predicted octanol–water partition coefficient (Wildman–Crippen LogP) is 7.37. The summed E-state index contributed by atoms with van der Waals surface area (Å²) in [5.74, 6) is 0.441. The highest BCUT2D eigenvalue weighted by atomic mass is 16.5. The molecule has 42 heavy (non-hydrogen) atoms. The molecule has 1 aliphatic heterocycles. The Morgan fingerprint density at radius 1 is 0.905 bits per heavy atom. The minimum absolute atomic E-state index is 0.00155. The molecule has 6 rings (SSSR count). The predicted molar refractivity (Wildman–Crippen MR) is 158 cm³/mol. The Labute approximate surface area is 243 Å². The molecule has 1 aliphatic rings. The monoisotopic (exact) mass is 556 g/mol. The summed E-state index contributed by atoms with van der Waals surface area (Å²) in [4.78, 5) is 13.1. The first kappa shape index (κ1) is 26.7. The number of hydrogen-bond donors (Lipinski definition) is 1.